The zero-order valence-electron chi connectivity index (χ0n) is 13.2. The van der Waals surface area contributed by atoms with Crippen molar-refractivity contribution < 1.29 is 8.42 Å². The molecule has 1 heterocycles. The van der Waals surface area contributed by atoms with Gasteiger partial charge in [-0.15, -0.1) is 0 Å². The Hall–Kier alpha value is -0.630. The molecule has 0 fully saturated rings. The van der Waals surface area contributed by atoms with E-state index in [1.165, 1.54) is 4.31 Å². The van der Waals surface area contributed by atoms with Crippen molar-refractivity contribution in [3.63, 3.8) is 0 Å². The number of sulfonamides is 1. The molecule has 0 saturated heterocycles. The van der Waals surface area contributed by atoms with E-state index in [1.54, 1.807) is 31.1 Å². The summed E-state index contributed by atoms with van der Waals surface area (Å²) in [5.74, 6) is 0.941. The monoisotopic (exact) mass is 331 g/mol. The second kappa shape index (κ2) is 8.73. The smallest absolute Gasteiger partial charge is 0.260 e. The second-order valence-electron chi connectivity index (χ2n) is 4.94. The fourth-order valence-corrected chi connectivity index (χ4v) is 3.67. The average Bonchev–Trinajstić information content (AvgIpc) is 2.50. The maximum atomic E-state index is 12.5. The summed E-state index contributed by atoms with van der Waals surface area (Å²) in [5, 5.41) is 3.30. The van der Waals surface area contributed by atoms with Gasteiger partial charge in [0.25, 0.3) is 10.0 Å². The van der Waals surface area contributed by atoms with Crippen LogP contribution in [0.1, 0.15) is 25.8 Å². The first kappa shape index (κ1) is 18.4. The molecule has 0 aliphatic carbocycles. The number of rotatable bonds is 9. The Morgan fingerprint density at radius 3 is 2.67 bits per heavy atom. The van der Waals surface area contributed by atoms with Gasteiger partial charge in [0.1, 0.15) is 0 Å². The molecule has 1 atom stereocenters. The molecule has 0 aromatic carbocycles. The molecule has 0 aliphatic heterocycles. The van der Waals surface area contributed by atoms with Crippen LogP contribution >= 0.6 is 11.8 Å². The van der Waals surface area contributed by atoms with E-state index in [2.05, 4.69) is 10.3 Å². The third-order valence-corrected chi connectivity index (χ3v) is 5.91. The Labute approximate surface area is 132 Å². The normalized spacial score (nSPS) is 13.6. The molecular formula is C14H25N3O2S2. The topological polar surface area (TPSA) is 62.3 Å². The number of nitrogens with one attached hydrogen (secondary N) is 1. The minimum atomic E-state index is -3.51. The van der Waals surface area contributed by atoms with Crippen LogP contribution in [0.3, 0.4) is 0 Å². The van der Waals surface area contributed by atoms with Gasteiger partial charge in [0.2, 0.25) is 0 Å². The molecule has 1 N–H and O–H groups in total. The van der Waals surface area contributed by atoms with Crippen LogP contribution in [0.4, 0.5) is 0 Å². The summed E-state index contributed by atoms with van der Waals surface area (Å²) in [5.41, 5.74) is 0.980. The highest BCUT2D eigenvalue weighted by Crippen LogP contribution is 2.17. The van der Waals surface area contributed by atoms with Crippen molar-refractivity contribution in [1.82, 2.24) is 14.6 Å². The third kappa shape index (κ3) is 5.25. The van der Waals surface area contributed by atoms with Gasteiger partial charge in [0.15, 0.2) is 5.03 Å². The van der Waals surface area contributed by atoms with Gasteiger partial charge >= 0.3 is 0 Å². The molecule has 1 aromatic heterocycles. The fraction of sp³-hybridized carbons (Fsp3) is 0.643. The molecule has 1 aromatic rings. The highest BCUT2D eigenvalue weighted by atomic mass is 32.2. The third-order valence-electron chi connectivity index (χ3n) is 3.38. The molecule has 120 valence electrons. The summed E-state index contributed by atoms with van der Waals surface area (Å²) in [7, 11) is -1.89. The molecule has 7 heteroatoms. The van der Waals surface area contributed by atoms with Gasteiger partial charge in [-0.05, 0) is 43.5 Å². The van der Waals surface area contributed by atoms with Crippen LogP contribution in [0.2, 0.25) is 0 Å². The lowest BCUT2D eigenvalue weighted by Crippen LogP contribution is -2.35. The zero-order valence-corrected chi connectivity index (χ0v) is 14.8. The maximum Gasteiger partial charge on any atom is 0.260 e. The lowest BCUT2D eigenvalue weighted by molar-refractivity contribution is 0.381. The van der Waals surface area contributed by atoms with E-state index in [4.69, 9.17) is 0 Å². The molecule has 0 bridgehead atoms. The number of thioether (sulfide) groups is 1. The summed E-state index contributed by atoms with van der Waals surface area (Å²) in [6, 6.07) is 3.36. The molecule has 0 radical (unpaired) electrons. The van der Waals surface area contributed by atoms with Gasteiger partial charge in [-0.2, -0.15) is 16.1 Å². The van der Waals surface area contributed by atoms with Crippen molar-refractivity contribution in [2.45, 2.75) is 37.9 Å². The largest absolute Gasteiger partial charge is 0.313 e. The van der Waals surface area contributed by atoms with E-state index in [0.29, 0.717) is 6.54 Å². The van der Waals surface area contributed by atoms with Gasteiger partial charge in [0.05, 0.1) is 0 Å². The Morgan fingerprint density at radius 1 is 1.43 bits per heavy atom. The van der Waals surface area contributed by atoms with Crippen LogP contribution in [0.15, 0.2) is 23.4 Å². The van der Waals surface area contributed by atoms with Crippen molar-refractivity contribution in [3.8, 4) is 0 Å². The van der Waals surface area contributed by atoms with Gasteiger partial charge in [-0.25, -0.2) is 13.4 Å². The molecule has 1 unspecified atom stereocenters. The molecule has 0 spiro atoms. The van der Waals surface area contributed by atoms with Crippen LogP contribution in [0, 0.1) is 0 Å². The van der Waals surface area contributed by atoms with E-state index in [0.717, 1.165) is 24.3 Å². The van der Waals surface area contributed by atoms with Gasteiger partial charge < -0.3 is 5.32 Å². The van der Waals surface area contributed by atoms with Crippen LogP contribution in [-0.4, -0.2) is 49.3 Å². The minimum Gasteiger partial charge on any atom is -0.313 e. The molecule has 0 aliphatic rings. The van der Waals surface area contributed by atoms with Gasteiger partial charge in [-0.1, -0.05) is 13.0 Å². The van der Waals surface area contributed by atoms with Crippen molar-refractivity contribution in [1.29, 1.82) is 0 Å². The molecular weight excluding hydrogens is 306 g/mol. The lowest BCUT2D eigenvalue weighted by Gasteiger charge is -2.23. The minimum absolute atomic E-state index is 0.0364. The summed E-state index contributed by atoms with van der Waals surface area (Å²) in [4.78, 5) is 4.11. The summed E-state index contributed by atoms with van der Waals surface area (Å²) >= 11 is 1.72. The van der Waals surface area contributed by atoms with Gasteiger partial charge in [-0.3, -0.25) is 0 Å². The number of pyridine rings is 1. The number of aromatic nitrogens is 1. The first-order valence-electron chi connectivity index (χ1n) is 7.06. The summed E-state index contributed by atoms with van der Waals surface area (Å²) < 4.78 is 26.4. The van der Waals surface area contributed by atoms with E-state index < -0.39 is 10.0 Å². The van der Waals surface area contributed by atoms with E-state index in [-0.39, 0.29) is 11.1 Å². The molecule has 1 rings (SSSR count). The standard InChI is InChI=1S/C14H25N3O2S2/c1-5-15-10-13-6-7-14(16-11-13)21(18,19)17(3)12(2)8-9-20-4/h6-7,11-12,15H,5,8-10H2,1-4H3. The van der Waals surface area contributed by atoms with Crippen LogP contribution in [0.5, 0.6) is 0 Å². The molecule has 0 amide bonds. The van der Waals surface area contributed by atoms with Crippen molar-refractivity contribution in [2.75, 3.05) is 25.6 Å². The van der Waals surface area contributed by atoms with E-state index in [9.17, 15) is 8.42 Å². The molecule has 5 nitrogen and oxygen atoms in total. The summed E-state index contributed by atoms with van der Waals surface area (Å²) in [6.45, 7) is 5.52. The molecule has 0 saturated carbocycles. The number of hydrogen-bond donors (Lipinski definition) is 1. The van der Waals surface area contributed by atoms with Crippen molar-refractivity contribution in [2.24, 2.45) is 0 Å². The van der Waals surface area contributed by atoms with Crippen molar-refractivity contribution in [3.05, 3.63) is 23.9 Å². The number of hydrogen-bond acceptors (Lipinski definition) is 5. The second-order valence-corrected chi connectivity index (χ2v) is 7.87. The Balaban J connectivity index is 2.81. The fourth-order valence-electron chi connectivity index (χ4n) is 1.79. The Kier molecular flexibility index (Phi) is 7.65. The Morgan fingerprint density at radius 2 is 2.14 bits per heavy atom. The first-order valence-corrected chi connectivity index (χ1v) is 9.89. The van der Waals surface area contributed by atoms with E-state index in [1.807, 2.05) is 26.2 Å². The lowest BCUT2D eigenvalue weighted by atomic mass is 10.3. The quantitative estimate of drug-likeness (QED) is 0.749. The average molecular weight is 332 g/mol. The van der Waals surface area contributed by atoms with Gasteiger partial charge in [0, 0.05) is 25.8 Å². The predicted molar refractivity (Wildman–Crippen MR) is 89.0 cm³/mol. The van der Waals surface area contributed by atoms with Crippen LogP contribution < -0.4 is 5.32 Å². The SMILES string of the molecule is CCNCc1ccc(S(=O)(=O)N(C)C(C)CCSC)nc1. The van der Waals surface area contributed by atoms with Crippen LogP contribution in [0.25, 0.3) is 0 Å². The first-order chi connectivity index (χ1) is 9.93. The predicted octanol–water partition coefficient (Wildman–Crippen LogP) is 1.95. The number of nitrogens with zero attached hydrogens (tertiary/aromatic N) is 2. The Bertz CT molecular complexity index is 518. The van der Waals surface area contributed by atoms with E-state index >= 15 is 0 Å². The van der Waals surface area contributed by atoms with Crippen LogP contribution in [-0.2, 0) is 16.6 Å². The highest BCUT2D eigenvalue weighted by Gasteiger charge is 2.26. The van der Waals surface area contributed by atoms with Crippen molar-refractivity contribution >= 4 is 21.8 Å². The highest BCUT2D eigenvalue weighted by molar-refractivity contribution is 7.98. The molecule has 21 heavy (non-hydrogen) atoms. The zero-order chi connectivity index (χ0) is 15.9. The maximum absolute atomic E-state index is 12.5. The summed E-state index contributed by atoms with van der Waals surface area (Å²) in [6.07, 6.45) is 4.47.